The molecule has 0 bridgehead atoms. The number of anilines is 2. The molecule has 0 aliphatic carbocycles. The van der Waals surface area contributed by atoms with Gasteiger partial charge in [-0.25, -0.2) is 4.79 Å². The Bertz CT molecular complexity index is 1030. The van der Waals surface area contributed by atoms with Gasteiger partial charge in [-0.3, -0.25) is 9.59 Å². The molecule has 33 heavy (non-hydrogen) atoms. The summed E-state index contributed by atoms with van der Waals surface area (Å²) in [4.78, 5) is 41.5. The topological polar surface area (TPSA) is 102 Å². The summed E-state index contributed by atoms with van der Waals surface area (Å²) in [6, 6.07) is 12.3. The largest absolute Gasteiger partial charge is 0.391 e. The summed E-state index contributed by atoms with van der Waals surface area (Å²) in [5.74, 6) is -0.410. The predicted molar refractivity (Wildman–Crippen MR) is 126 cm³/mol. The number of likely N-dealkylation sites (tertiary alicyclic amines) is 2. The highest BCUT2D eigenvalue weighted by Crippen LogP contribution is 2.23. The number of hydrogen-bond donors (Lipinski definition) is 3. The molecule has 0 radical (unpaired) electrons. The van der Waals surface area contributed by atoms with Gasteiger partial charge in [0.05, 0.1) is 6.10 Å². The molecule has 3 atom stereocenters. The standard InChI is InChI=1S/C24H27ClN4O4/c1-15-3-2-12-28(15)23(32)16-4-8-18(9-5-16)26-22(31)21-13-20(30)14-29(21)24(33)27-19-10-6-17(25)7-11-19/h4-11,15,20-21,30H,2-3,12-14H2,1H3,(H,26,31)(H,27,33)/t15?,20-,21-/m1/s1. The van der Waals surface area contributed by atoms with Crippen molar-refractivity contribution in [3.05, 3.63) is 59.1 Å². The maximum absolute atomic E-state index is 12.9. The third-order valence-electron chi connectivity index (χ3n) is 6.15. The first-order valence-electron chi connectivity index (χ1n) is 11.0. The van der Waals surface area contributed by atoms with E-state index in [0.29, 0.717) is 22.0 Å². The number of β-amino-alcohol motifs (C(OH)–C–C–N with tert-alkyl or cyclic N) is 1. The van der Waals surface area contributed by atoms with Crippen LogP contribution in [0.15, 0.2) is 48.5 Å². The first-order valence-corrected chi connectivity index (χ1v) is 11.4. The predicted octanol–water partition coefficient (Wildman–Crippen LogP) is 3.57. The van der Waals surface area contributed by atoms with Gasteiger partial charge in [0.25, 0.3) is 5.91 Å². The Morgan fingerprint density at radius 2 is 1.61 bits per heavy atom. The normalized spacial score (nSPS) is 22.3. The van der Waals surface area contributed by atoms with Gasteiger partial charge in [-0.1, -0.05) is 11.6 Å². The van der Waals surface area contributed by atoms with Crippen molar-refractivity contribution in [2.75, 3.05) is 23.7 Å². The lowest BCUT2D eigenvalue weighted by Gasteiger charge is -2.24. The molecule has 0 aromatic heterocycles. The van der Waals surface area contributed by atoms with E-state index in [4.69, 9.17) is 11.6 Å². The van der Waals surface area contributed by atoms with Crippen LogP contribution in [0.2, 0.25) is 5.02 Å². The molecule has 2 saturated heterocycles. The van der Waals surface area contributed by atoms with E-state index in [2.05, 4.69) is 10.6 Å². The van der Waals surface area contributed by atoms with Crippen molar-refractivity contribution < 1.29 is 19.5 Å². The summed E-state index contributed by atoms with van der Waals surface area (Å²) >= 11 is 5.87. The Labute approximate surface area is 197 Å². The van der Waals surface area contributed by atoms with Gasteiger partial charge in [0.1, 0.15) is 6.04 Å². The van der Waals surface area contributed by atoms with Gasteiger partial charge in [-0.05, 0) is 68.3 Å². The van der Waals surface area contributed by atoms with E-state index in [1.165, 1.54) is 4.90 Å². The van der Waals surface area contributed by atoms with Crippen molar-refractivity contribution in [3.8, 4) is 0 Å². The minimum atomic E-state index is -0.820. The monoisotopic (exact) mass is 470 g/mol. The zero-order valence-electron chi connectivity index (χ0n) is 18.3. The highest BCUT2D eigenvalue weighted by molar-refractivity contribution is 6.30. The van der Waals surface area contributed by atoms with Gasteiger partial charge in [0, 0.05) is 47.5 Å². The van der Waals surface area contributed by atoms with E-state index in [1.54, 1.807) is 48.5 Å². The third-order valence-corrected chi connectivity index (χ3v) is 6.40. The first kappa shape index (κ1) is 23.1. The molecule has 3 N–H and O–H groups in total. The van der Waals surface area contributed by atoms with Crippen molar-refractivity contribution in [2.45, 2.75) is 44.4 Å². The number of carbonyl (C=O) groups is 3. The Morgan fingerprint density at radius 3 is 2.24 bits per heavy atom. The number of carbonyl (C=O) groups excluding carboxylic acids is 3. The van der Waals surface area contributed by atoms with Crippen LogP contribution in [0, 0.1) is 0 Å². The maximum Gasteiger partial charge on any atom is 0.322 e. The van der Waals surface area contributed by atoms with Gasteiger partial charge in [0.2, 0.25) is 5.91 Å². The minimum Gasteiger partial charge on any atom is -0.391 e. The smallest absolute Gasteiger partial charge is 0.322 e. The van der Waals surface area contributed by atoms with E-state index in [9.17, 15) is 19.5 Å². The summed E-state index contributed by atoms with van der Waals surface area (Å²) < 4.78 is 0. The van der Waals surface area contributed by atoms with Crippen LogP contribution < -0.4 is 10.6 Å². The summed E-state index contributed by atoms with van der Waals surface area (Å²) in [5.41, 5.74) is 1.63. The van der Waals surface area contributed by atoms with Crippen molar-refractivity contribution >= 4 is 40.8 Å². The molecule has 4 amide bonds. The van der Waals surface area contributed by atoms with Crippen LogP contribution in [0.1, 0.15) is 36.5 Å². The lowest BCUT2D eigenvalue weighted by atomic mass is 10.1. The van der Waals surface area contributed by atoms with Crippen LogP contribution in [-0.2, 0) is 4.79 Å². The zero-order valence-corrected chi connectivity index (χ0v) is 19.1. The fourth-order valence-corrected chi connectivity index (χ4v) is 4.46. The van der Waals surface area contributed by atoms with Crippen LogP contribution >= 0.6 is 11.6 Å². The number of benzene rings is 2. The van der Waals surface area contributed by atoms with Gasteiger partial charge >= 0.3 is 6.03 Å². The average molecular weight is 471 g/mol. The average Bonchev–Trinajstić information content (AvgIpc) is 3.41. The van der Waals surface area contributed by atoms with Gasteiger partial charge in [-0.15, -0.1) is 0 Å². The SMILES string of the molecule is CC1CCCN1C(=O)c1ccc(NC(=O)[C@H]2C[C@@H](O)CN2C(=O)Nc2ccc(Cl)cc2)cc1. The second-order valence-electron chi connectivity index (χ2n) is 8.55. The van der Waals surface area contributed by atoms with Crippen molar-refractivity contribution in [1.82, 2.24) is 9.80 Å². The number of nitrogens with one attached hydrogen (secondary N) is 2. The molecule has 8 nitrogen and oxygen atoms in total. The van der Waals surface area contributed by atoms with Crippen molar-refractivity contribution in [2.24, 2.45) is 0 Å². The van der Waals surface area contributed by atoms with Crippen molar-refractivity contribution in [1.29, 1.82) is 0 Å². The minimum absolute atomic E-state index is 0.0122. The van der Waals surface area contributed by atoms with Crippen molar-refractivity contribution in [3.63, 3.8) is 0 Å². The molecule has 2 aliphatic rings. The third kappa shape index (κ3) is 5.29. The van der Waals surface area contributed by atoms with Crippen LogP contribution in [-0.4, -0.2) is 64.0 Å². The van der Waals surface area contributed by atoms with E-state index in [-0.39, 0.29) is 24.9 Å². The van der Waals surface area contributed by atoms with Gasteiger partial charge in [-0.2, -0.15) is 0 Å². The van der Waals surface area contributed by atoms with Gasteiger partial charge in [0.15, 0.2) is 0 Å². The number of halogens is 1. The van der Waals surface area contributed by atoms with E-state index < -0.39 is 24.1 Å². The fraction of sp³-hybridized carbons (Fsp3) is 0.375. The molecule has 0 saturated carbocycles. The fourth-order valence-electron chi connectivity index (χ4n) is 4.34. The zero-order chi connectivity index (χ0) is 23.5. The molecule has 174 valence electrons. The lowest BCUT2D eigenvalue weighted by molar-refractivity contribution is -0.119. The maximum atomic E-state index is 12.9. The second kappa shape index (κ2) is 9.80. The Balaban J connectivity index is 1.39. The number of nitrogens with zero attached hydrogens (tertiary/aromatic N) is 2. The van der Waals surface area contributed by atoms with Crippen LogP contribution in [0.5, 0.6) is 0 Å². The Kier molecular flexibility index (Phi) is 6.85. The highest BCUT2D eigenvalue weighted by atomic mass is 35.5. The van der Waals surface area contributed by atoms with Crippen LogP contribution in [0.4, 0.5) is 16.2 Å². The quantitative estimate of drug-likeness (QED) is 0.635. The van der Waals surface area contributed by atoms with Crippen LogP contribution in [0.25, 0.3) is 0 Å². The molecule has 9 heteroatoms. The molecule has 0 spiro atoms. The molecular formula is C24H27ClN4O4. The Hall–Kier alpha value is -3.10. The molecule has 4 rings (SSSR count). The van der Waals surface area contributed by atoms with E-state index in [0.717, 1.165) is 19.4 Å². The molecular weight excluding hydrogens is 444 g/mol. The highest BCUT2D eigenvalue weighted by Gasteiger charge is 2.39. The van der Waals surface area contributed by atoms with E-state index in [1.807, 2.05) is 11.8 Å². The van der Waals surface area contributed by atoms with Crippen LogP contribution in [0.3, 0.4) is 0 Å². The summed E-state index contributed by atoms with van der Waals surface area (Å²) in [6.07, 6.45) is 1.37. The number of aliphatic hydroxyl groups excluding tert-OH is 1. The molecule has 2 fully saturated rings. The lowest BCUT2D eigenvalue weighted by Crippen LogP contribution is -2.45. The molecule has 2 aromatic rings. The Morgan fingerprint density at radius 1 is 0.970 bits per heavy atom. The number of aliphatic hydroxyl groups is 1. The second-order valence-corrected chi connectivity index (χ2v) is 8.99. The number of rotatable bonds is 4. The summed E-state index contributed by atoms with van der Waals surface area (Å²) in [7, 11) is 0. The molecule has 2 aromatic carbocycles. The summed E-state index contributed by atoms with van der Waals surface area (Å²) in [5, 5.41) is 16.2. The number of hydrogen-bond acceptors (Lipinski definition) is 4. The summed E-state index contributed by atoms with van der Waals surface area (Å²) in [6.45, 7) is 2.86. The number of amides is 4. The molecule has 2 aliphatic heterocycles. The number of urea groups is 1. The first-order chi connectivity index (χ1) is 15.8. The van der Waals surface area contributed by atoms with E-state index >= 15 is 0 Å². The molecule has 2 heterocycles. The van der Waals surface area contributed by atoms with Gasteiger partial charge < -0.3 is 25.5 Å². The molecule has 1 unspecified atom stereocenters.